The predicted molar refractivity (Wildman–Crippen MR) is 149 cm³/mol. The van der Waals surface area contributed by atoms with Gasteiger partial charge < -0.3 is 15.0 Å². The number of hydrogen-bond donors (Lipinski definition) is 1. The largest absolute Gasteiger partial charge is 0.469 e. The number of fused-ring (bicyclic) bond motifs is 1. The van der Waals surface area contributed by atoms with Crippen LogP contribution in [0.2, 0.25) is 0 Å². The van der Waals surface area contributed by atoms with Crippen molar-refractivity contribution in [3.05, 3.63) is 83.4 Å². The van der Waals surface area contributed by atoms with Crippen molar-refractivity contribution < 1.29 is 14.3 Å². The standard InChI is InChI=1S/C32H40N2O3/c1-23(28-13-7-11-25-10-5-6-12-29(25)28)33-20-8-9-24-14-16-27(17-15-24)32(2,3)31(36)34-21-18-26(19-22-34)30(35)37-4/h5-7,10-17,23,26,33H,8-9,18-22H2,1-4H3/t23-/m1/s1. The Morgan fingerprint density at radius 2 is 1.68 bits per heavy atom. The summed E-state index contributed by atoms with van der Waals surface area (Å²) in [4.78, 5) is 27.0. The second-order valence-corrected chi connectivity index (χ2v) is 10.8. The van der Waals surface area contributed by atoms with Crippen molar-refractivity contribution in [2.75, 3.05) is 26.7 Å². The number of aryl methyl sites for hydroxylation is 1. The molecular weight excluding hydrogens is 460 g/mol. The molecule has 1 amide bonds. The quantitative estimate of drug-likeness (QED) is 0.297. The topological polar surface area (TPSA) is 58.6 Å². The zero-order chi connectivity index (χ0) is 26.4. The zero-order valence-corrected chi connectivity index (χ0v) is 22.6. The number of ether oxygens (including phenoxy) is 1. The lowest BCUT2D eigenvalue weighted by molar-refractivity contribution is -0.149. The van der Waals surface area contributed by atoms with E-state index in [1.165, 1.54) is 29.0 Å². The summed E-state index contributed by atoms with van der Waals surface area (Å²) in [6.07, 6.45) is 3.37. The first-order chi connectivity index (χ1) is 17.8. The lowest BCUT2D eigenvalue weighted by Gasteiger charge is -2.36. The minimum atomic E-state index is -0.605. The fraction of sp³-hybridized carbons (Fsp3) is 0.438. The number of carbonyl (C=O) groups is 2. The summed E-state index contributed by atoms with van der Waals surface area (Å²) >= 11 is 0. The summed E-state index contributed by atoms with van der Waals surface area (Å²) in [6, 6.07) is 23.8. The van der Waals surface area contributed by atoms with Crippen molar-refractivity contribution in [2.45, 2.75) is 57.9 Å². The number of carbonyl (C=O) groups excluding carboxylic acids is 2. The number of hydrogen-bond acceptors (Lipinski definition) is 4. The molecule has 196 valence electrons. The molecule has 1 aliphatic rings. The Balaban J connectivity index is 1.27. The molecule has 5 nitrogen and oxygen atoms in total. The highest BCUT2D eigenvalue weighted by Crippen LogP contribution is 2.29. The van der Waals surface area contributed by atoms with Gasteiger partial charge >= 0.3 is 5.97 Å². The molecule has 1 N–H and O–H groups in total. The molecule has 5 heteroatoms. The Kier molecular flexibility index (Phi) is 8.65. The van der Waals surface area contributed by atoms with Gasteiger partial charge in [-0.2, -0.15) is 0 Å². The van der Waals surface area contributed by atoms with Crippen LogP contribution in [-0.4, -0.2) is 43.5 Å². The van der Waals surface area contributed by atoms with E-state index in [1.807, 2.05) is 18.7 Å². The highest BCUT2D eigenvalue weighted by Gasteiger charge is 2.36. The summed E-state index contributed by atoms with van der Waals surface area (Å²) in [5.74, 6) is -0.142. The van der Waals surface area contributed by atoms with Crippen molar-refractivity contribution in [1.29, 1.82) is 0 Å². The van der Waals surface area contributed by atoms with Crippen molar-refractivity contribution >= 4 is 22.6 Å². The van der Waals surface area contributed by atoms with Crippen LogP contribution in [0.5, 0.6) is 0 Å². The first kappa shape index (κ1) is 26.9. The second-order valence-electron chi connectivity index (χ2n) is 10.8. The van der Waals surface area contributed by atoms with Crippen LogP contribution in [-0.2, 0) is 26.2 Å². The lowest BCUT2D eigenvalue weighted by atomic mass is 9.81. The van der Waals surface area contributed by atoms with Gasteiger partial charge in [-0.3, -0.25) is 9.59 Å². The van der Waals surface area contributed by atoms with E-state index >= 15 is 0 Å². The fourth-order valence-electron chi connectivity index (χ4n) is 5.44. The third kappa shape index (κ3) is 6.22. The van der Waals surface area contributed by atoms with Crippen molar-refractivity contribution in [1.82, 2.24) is 10.2 Å². The van der Waals surface area contributed by atoms with Crippen molar-refractivity contribution in [3.63, 3.8) is 0 Å². The van der Waals surface area contributed by atoms with Crippen molar-refractivity contribution in [3.8, 4) is 0 Å². The van der Waals surface area contributed by atoms with Gasteiger partial charge in [-0.05, 0) is 80.5 Å². The van der Waals surface area contributed by atoms with E-state index in [9.17, 15) is 9.59 Å². The maximum atomic E-state index is 13.3. The Morgan fingerprint density at radius 1 is 1.00 bits per heavy atom. The number of nitrogens with zero attached hydrogens (tertiary/aromatic N) is 1. The number of methoxy groups -OCH3 is 1. The van der Waals surface area contributed by atoms with Crippen LogP contribution in [0.1, 0.15) is 62.8 Å². The molecule has 0 saturated carbocycles. The van der Waals surface area contributed by atoms with Crippen LogP contribution in [0.4, 0.5) is 0 Å². The van der Waals surface area contributed by atoms with E-state index in [0.717, 1.165) is 24.9 Å². The summed E-state index contributed by atoms with van der Waals surface area (Å²) in [7, 11) is 1.43. The van der Waals surface area contributed by atoms with Crippen LogP contribution >= 0.6 is 0 Å². The maximum Gasteiger partial charge on any atom is 0.308 e. The third-order valence-electron chi connectivity index (χ3n) is 7.91. The van der Waals surface area contributed by atoms with Gasteiger partial charge in [0.1, 0.15) is 0 Å². The molecule has 3 aromatic rings. The van der Waals surface area contributed by atoms with Gasteiger partial charge in [0.15, 0.2) is 0 Å². The molecular formula is C32H40N2O3. The number of rotatable bonds is 9. The number of amides is 1. The Hall–Kier alpha value is -3.18. The molecule has 0 aliphatic carbocycles. The molecule has 1 atom stereocenters. The van der Waals surface area contributed by atoms with E-state index < -0.39 is 5.41 Å². The van der Waals surface area contributed by atoms with Gasteiger partial charge in [-0.25, -0.2) is 0 Å². The lowest BCUT2D eigenvalue weighted by Crippen LogP contribution is -2.47. The number of likely N-dealkylation sites (tertiary alicyclic amines) is 1. The molecule has 1 saturated heterocycles. The Labute approximate surface area is 221 Å². The normalized spacial score (nSPS) is 15.5. The van der Waals surface area contributed by atoms with Crippen molar-refractivity contribution in [2.24, 2.45) is 5.92 Å². The summed E-state index contributed by atoms with van der Waals surface area (Å²) < 4.78 is 4.87. The van der Waals surface area contributed by atoms with Gasteiger partial charge in [0.25, 0.3) is 0 Å². The van der Waals surface area contributed by atoms with E-state index in [-0.39, 0.29) is 23.8 Å². The fourth-order valence-corrected chi connectivity index (χ4v) is 5.44. The first-order valence-electron chi connectivity index (χ1n) is 13.5. The molecule has 37 heavy (non-hydrogen) atoms. The molecule has 1 aliphatic heterocycles. The predicted octanol–water partition coefficient (Wildman–Crippen LogP) is 5.81. The molecule has 0 unspecified atom stereocenters. The molecule has 4 rings (SSSR count). The SMILES string of the molecule is COC(=O)C1CCN(C(=O)C(C)(C)c2ccc(CCCN[C@H](C)c3cccc4ccccc34)cc2)CC1. The van der Waals surface area contributed by atoms with E-state index in [0.29, 0.717) is 25.9 Å². The van der Waals surface area contributed by atoms with Gasteiger partial charge in [-0.1, -0.05) is 66.7 Å². The summed E-state index contributed by atoms with van der Waals surface area (Å²) in [5, 5.41) is 6.27. The summed E-state index contributed by atoms with van der Waals surface area (Å²) in [6.45, 7) is 8.37. The van der Waals surface area contributed by atoms with Gasteiger partial charge in [0.05, 0.1) is 18.4 Å². The smallest absolute Gasteiger partial charge is 0.308 e. The first-order valence-corrected chi connectivity index (χ1v) is 13.5. The van der Waals surface area contributed by atoms with Crippen LogP contribution in [0.15, 0.2) is 66.7 Å². The minimum Gasteiger partial charge on any atom is -0.469 e. The van der Waals surface area contributed by atoms with E-state index in [2.05, 4.69) is 79.0 Å². The average Bonchev–Trinajstić information content (AvgIpc) is 2.94. The molecule has 1 fully saturated rings. The Bertz CT molecular complexity index is 1200. The second kappa shape index (κ2) is 11.9. The van der Waals surface area contributed by atoms with Gasteiger partial charge in [-0.15, -0.1) is 0 Å². The van der Waals surface area contributed by atoms with E-state index in [4.69, 9.17) is 4.74 Å². The minimum absolute atomic E-state index is 0.0963. The average molecular weight is 501 g/mol. The van der Waals surface area contributed by atoms with Gasteiger partial charge in [0.2, 0.25) is 5.91 Å². The maximum absolute atomic E-state index is 13.3. The Morgan fingerprint density at radius 3 is 2.38 bits per heavy atom. The monoisotopic (exact) mass is 500 g/mol. The summed E-state index contributed by atoms with van der Waals surface area (Å²) in [5.41, 5.74) is 3.04. The van der Waals surface area contributed by atoms with Gasteiger partial charge in [0, 0.05) is 19.1 Å². The number of benzene rings is 3. The number of piperidine rings is 1. The highest BCUT2D eigenvalue weighted by molar-refractivity contribution is 5.88. The third-order valence-corrected chi connectivity index (χ3v) is 7.91. The van der Waals surface area contributed by atoms with Crippen LogP contribution in [0.25, 0.3) is 10.8 Å². The highest BCUT2D eigenvalue weighted by atomic mass is 16.5. The molecule has 3 aromatic carbocycles. The molecule has 0 bridgehead atoms. The molecule has 0 radical (unpaired) electrons. The van der Waals surface area contributed by atoms with Crippen LogP contribution in [0, 0.1) is 5.92 Å². The van der Waals surface area contributed by atoms with E-state index in [1.54, 1.807) is 0 Å². The number of nitrogens with one attached hydrogen (secondary N) is 1. The molecule has 1 heterocycles. The van der Waals surface area contributed by atoms with Crippen LogP contribution < -0.4 is 5.32 Å². The zero-order valence-electron chi connectivity index (χ0n) is 22.6. The molecule has 0 aromatic heterocycles. The number of esters is 1. The molecule has 0 spiro atoms. The van der Waals surface area contributed by atoms with Crippen LogP contribution in [0.3, 0.4) is 0 Å².